The van der Waals surface area contributed by atoms with Crippen LogP contribution in [-0.4, -0.2) is 101 Å². The van der Waals surface area contributed by atoms with Crippen molar-refractivity contribution in [1.29, 1.82) is 0 Å². The number of nitrogens with zero attached hydrogens (tertiary/aromatic N) is 3. The third-order valence-electron chi connectivity index (χ3n) is 5.34. The highest BCUT2D eigenvalue weighted by molar-refractivity contribution is 14.0. The van der Waals surface area contributed by atoms with E-state index in [9.17, 15) is 0 Å². The molecule has 2 fully saturated rings. The molecule has 2 aliphatic heterocycles. The molecule has 2 saturated heterocycles. The summed E-state index contributed by atoms with van der Waals surface area (Å²) in [6, 6.07) is 0.945. The number of guanidine groups is 1. The minimum absolute atomic E-state index is 0. The van der Waals surface area contributed by atoms with E-state index in [1.807, 2.05) is 7.05 Å². The Morgan fingerprint density at radius 2 is 2.00 bits per heavy atom. The molecule has 0 amide bonds. The first-order valence-electron chi connectivity index (χ1n) is 10.0. The average molecular weight is 498 g/mol. The van der Waals surface area contributed by atoms with Gasteiger partial charge >= 0.3 is 0 Å². The second kappa shape index (κ2) is 13.9. The molecule has 0 saturated carbocycles. The van der Waals surface area contributed by atoms with E-state index in [2.05, 4.69) is 34.0 Å². The average Bonchev–Trinajstić information content (AvgIpc) is 2.67. The molecule has 0 aromatic rings. The van der Waals surface area contributed by atoms with E-state index >= 15 is 0 Å². The highest BCUT2D eigenvalue weighted by Crippen LogP contribution is 2.15. The zero-order chi connectivity index (χ0) is 18.8. The summed E-state index contributed by atoms with van der Waals surface area (Å²) in [5.41, 5.74) is 0. The van der Waals surface area contributed by atoms with E-state index < -0.39 is 0 Å². The van der Waals surface area contributed by atoms with Gasteiger partial charge in [-0.25, -0.2) is 0 Å². The van der Waals surface area contributed by atoms with Crippen molar-refractivity contribution in [2.24, 2.45) is 4.99 Å². The van der Waals surface area contributed by atoms with Gasteiger partial charge in [0.25, 0.3) is 0 Å². The summed E-state index contributed by atoms with van der Waals surface area (Å²) < 4.78 is 16.6. The maximum Gasteiger partial charge on any atom is 0.193 e. The Bertz CT molecular complexity index is 420. The van der Waals surface area contributed by atoms with E-state index in [-0.39, 0.29) is 24.0 Å². The lowest BCUT2D eigenvalue weighted by Crippen LogP contribution is -2.54. The van der Waals surface area contributed by atoms with E-state index in [0.717, 1.165) is 77.8 Å². The number of nitrogens with one attached hydrogen (secondary N) is 1. The Labute approximate surface area is 182 Å². The molecule has 2 atom stereocenters. The van der Waals surface area contributed by atoms with Gasteiger partial charge in [-0.3, -0.25) is 9.89 Å². The first-order chi connectivity index (χ1) is 12.7. The van der Waals surface area contributed by atoms with E-state index in [1.54, 1.807) is 7.11 Å². The normalized spacial score (nSPS) is 23.8. The lowest BCUT2D eigenvalue weighted by Gasteiger charge is -2.39. The Morgan fingerprint density at radius 3 is 2.63 bits per heavy atom. The molecule has 8 heteroatoms. The molecule has 2 unspecified atom stereocenters. The predicted molar refractivity (Wildman–Crippen MR) is 120 cm³/mol. The van der Waals surface area contributed by atoms with Crippen LogP contribution in [0, 0.1) is 0 Å². The molecule has 0 aliphatic carbocycles. The highest BCUT2D eigenvalue weighted by atomic mass is 127. The van der Waals surface area contributed by atoms with E-state index in [1.165, 1.54) is 0 Å². The Morgan fingerprint density at radius 1 is 1.26 bits per heavy atom. The van der Waals surface area contributed by atoms with Crippen molar-refractivity contribution in [3.63, 3.8) is 0 Å². The zero-order valence-electron chi connectivity index (χ0n) is 17.5. The number of likely N-dealkylation sites (tertiary alicyclic amines) is 1. The van der Waals surface area contributed by atoms with Crippen LogP contribution in [0.5, 0.6) is 0 Å². The van der Waals surface area contributed by atoms with Gasteiger partial charge in [0.15, 0.2) is 5.96 Å². The number of ether oxygens (including phenoxy) is 3. The van der Waals surface area contributed by atoms with Crippen molar-refractivity contribution in [3.8, 4) is 0 Å². The van der Waals surface area contributed by atoms with Gasteiger partial charge in [-0.1, -0.05) is 0 Å². The number of halogens is 1. The minimum Gasteiger partial charge on any atom is -0.385 e. The molecule has 2 rings (SSSR count). The molecule has 0 aromatic heterocycles. The van der Waals surface area contributed by atoms with Gasteiger partial charge in [-0.2, -0.15) is 0 Å². The van der Waals surface area contributed by atoms with Crippen molar-refractivity contribution in [1.82, 2.24) is 15.1 Å². The summed E-state index contributed by atoms with van der Waals surface area (Å²) in [6.45, 7) is 11.7. The quantitative estimate of drug-likeness (QED) is 0.239. The molecule has 2 heterocycles. The maximum atomic E-state index is 5.95. The lowest BCUT2D eigenvalue weighted by atomic mass is 10.1. The van der Waals surface area contributed by atoms with Crippen LogP contribution >= 0.6 is 24.0 Å². The van der Waals surface area contributed by atoms with Crippen molar-refractivity contribution in [2.75, 3.05) is 66.8 Å². The van der Waals surface area contributed by atoms with Gasteiger partial charge in [-0.15, -0.1) is 24.0 Å². The first-order valence-corrected chi connectivity index (χ1v) is 10.0. The molecule has 2 aliphatic rings. The van der Waals surface area contributed by atoms with Crippen LogP contribution < -0.4 is 5.32 Å². The third kappa shape index (κ3) is 8.39. The SMILES string of the molecule is CN=C(NCC(C)N1CCOCC1C)N1CCC(OCCCOC)CC1.I. The van der Waals surface area contributed by atoms with Crippen molar-refractivity contribution in [2.45, 2.75) is 51.3 Å². The highest BCUT2D eigenvalue weighted by Gasteiger charge is 2.25. The molecular formula is C19H39IN4O3. The molecule has 27 heavy (non-hydrogen) atoms. The molecule has 0 radical (unpaired) electrons. The third-order valence-corrected chi connectivity index (χ3v) is 5.34. The summed E-state index contributed by atoms with van der Waals surface area (Å²) in [5, 5.41) is 3.57. The summed E-state index contributed by atoms with van der Waals surface area (Å²) >= 11 is 0. The number of piperidine rings is 1. The number of morpholine rings is 1. The molecule has 0 bridgehead atoms. The summed E-state index contributed by atoms with van der Waals surface area (Å²) in [6.07, 6.45) is 3.46. The molecule has 7 nitrogen and oxygen atoms in total. The fourth-order valence-corrected chi connectivity index (χ4v) is 3.77. The Hall–Kier alpha value is -0.160. The van der Waals surface area contributed by atoms with Crippen LogP contribution in [0.1, 0.15) is 33.1 Å². The Kier molecular flexibility index (Phi) is 12.8. The topological polar surface area (TPSA) is 58.6 Å². The Balaban J connectivity index is 0.00000364. The van der Waals surface area contributed by atoms with Crippen LogP contribution in [0.4, 0.5) is 0 Å². The summed E-state index contributed by atoms with van der Waals surface area (Å²) in [4.78, 5) is 9.36. The van der Waals surface area contributed by atoms with E-state index in [0.29, 0.717) is 18.2 Å². The standard InChI is InChI=1S/C19H38N4O3.HI/c1-16(23-10-13-25-15-17(23)2)14-21-19(20-3)22-8-6-18(7-9-22)26-12-5-11-24-4;/h16-18H,5-15H2,1-4H3,(H,20,21);1H. The molecule has 0 aromatic carbocycles. The van der Waals surface area contributed by atoms with Gasteiger partial charge in [0.2, 0.25) is 0 Å². The van der Waals surface area contributed by atoms with Crippen molar-refractivity contribution in [3.05, 3.63) is 0 Å². The fraction of sp³-hybridized carbons (Fsp3) is 0.947. The smallest absolute Gasteiger partial charge is 0.193 e. The van der Waals surface area contributed by atoms with Crippen molar-refractivity contribution < 1.29 is 14.2 Å². The number of methoxy groups -OCH3 is 1. The second-order valence-electron chi connectivity index (χ2n) is 7.34. The minimum atomic E-state index is 0. The fourth-order valence-electron chi connectivity index (χ4n) is 3.77. The summed E-state index contributed by atoms with van der Waals surface area (Å²) in [7, 11) is 3.61. The molecule has 160 valence electrons. The zero-order valence-corrected chi connectivity index (χ0v) is 19.8. The molecule has 1 N–H and O–H groups in total. The van der Waals surface area contributed by atoms with Gasteiger partial charge in [-0.05, 0) is 33.1 Å². The van der Waals surface area contributed by atoms with Crippen LogP contribution in [0.15, 0.2) is 4.99 Å². The van der Waals surface area contributed by atoms with Crippen LogP contribution in [-0.2, 0) is 14.2 Å². The lowest BCUT2D eigenvalue weighted by molar-refractivity contribution is -0.0176. The van der Waals surface area contributed by atoms with Gasteiger partial charge < -0.3 is 24.4 Å². The number of aliphatic imine (C=N–C) groups is 1. The van der Waals surface area contributed by atoms with Crippen LogP contribution in [0.2, 0.25) is 0 Å². The number of hydrogen-bond donors (Lipinski definition) is 1. The van der Waals surface area contributed by atoms with Crippen LogP contribution in [0.25, 0.3) is 0 Å². The largest absolute Gasteiger partial charge is 0.385 e. The monoisotopic (exact) mass is 498 g/mol. The maximum absolute atomic E-state index is 5.95. The first kappa shape index (κ1) is 24.9. The van der Waals surface area contributed by atoms with Gasteiger partial charge in [0, 0.05) is 65.6 Å². The number of rotatable bonds is 8. The van der Waals surface area contributed by atoms with Crippen molar-refractivity contribution >= 4 is 29.9 Å². The second-order valence-corrected chi connectivity index (χ2v) is 7.34. The van der Waals surface area contributed by atoms with E-state index in [4.69, 9.17) is 14.2 Å². The van der Waals surface area contributed by atoms with Crippen LogP contribution in [0.3, 0.4) is 0 Å². The number of hydrogen-bond acceptors (Lipinski definition) is 5. The summed E-state index contributed by atoms with van der Waals surface area (Å²) in [5.74, 6) is 1.01. The predicted octanol–water partition coefficient (Wildman–Crippen LogP) is 1.81. The molecule has 0 spiro atoms. The molecular weight excluding hydrogens is 459 g/mol. The van der Waals surface area contributed by atoms with Gasteiger partial charge in [0.05, 0.1) is 19.3 Å². The van der Waals surface area contributed by atoms with Gasteiger partial charge in [0.1, 0.15) is 0 Å².